The molecule has 2 fully saturated rings. The van der Waals surface area contributed by atoms with Crippen LogP contribution in [0.4, 0.5) is 0 Å². The van der Waals surface area contributed by atoms with Crippen LogP contribution in [0.15, 0.2) is 11.6 Å². The molecule has 18 heavy (non-hydrogen) atoms. The fraction of sp³-hybridized carbons (Fsp3) is 0.786. The summed E-state index contributed by atoms with van der Waals surface area (Å²) in [5.41, 5.74) is -0.893. The van der Waals surface area contributed by atoms with Crippen LogP contribution < -0.4 is 0 Å². The van der Waals surface area contributed by atoms with Crippen molar-refractivity contribution in [3.8, 4) is 0 Å². The van der Waals surface area contributed by atoms with Crippen molar-refractivity contribution >= 4 is 11.3 Å². The van der Waals surface area contributed by atoms with Gasteiger partial charge in [0.25, 0.3) is 0 Å². The third kappa shape index (κ3) is 1.52. The summed E-state index contributed by atoms with van der Waals surface area (Å²) in [5.74, 6) is 0.794. The standard InChI is InChI=1S/C14H21NO2S/c1-13-5-2-3-10(9-16)11(13)4-6-14(13,17)12-15-7-8-18-12/h7-8,10-11,16-17H,2-6,9H2,1H3. The van der Waals surface area contributed by atoms with E-state index in [1.165, 1.54) is 0 Å². The number of hydrogen-bond donors (Lipinski definition) is 2. The Hall–Kier alpha value is -0.450. The van der Waals surface area contributed by atoms with Gasteiger partial charge in [0.1, 0.15) is 10.6 Å². The maximum absolute atomic E-state index is 11.2. The van der Waals surface area contributed by atoms with Crippen LogP contribution >= 0.6 is 11.3 Å². The van der Waals surface area contributed by atoms with Gasteiger partial charge in [-0.2, -0.15) is 0 Å². The van der Waals surface area contributed by atoms with Crippen LogP contribution in [0.5, 0.6) is 0 Å². The third-order valence-corrected chi connectivity index (χ3v) is 6.37. The Morgan fingerprint density at radius 2 is 2.28 bits per heavy atom. The number of rotatable bonds is 2. The van der Waals surface area contributed by atoms with Gasteiger partial charge in [0, 0.05) is 23.6 Å². The van der Waals surface area contributed by atoms with Crippen molar-refractivity contribution < 1.29 is 10.2 Å². The molecule has 3 rings (SSSR count). The number of aliphatic hydroxyl groups excluding tert-OH is 1. The predicted octanol–water partition coefficient (Wildman–Crippen LogP) is 2.54. The highest BCUT2D eigenvalue weighted by Gasteiger charge is 2.61. The van der Waals surface area contributed by atoms with Crippen LogP contribution in [-0.4, -0.2) is 21.8 Å². The molecule has 2 N–H and O–H groups in total. The summed E-state index contributed by atoms with van der Waals surface area (Å²) in [6.07, 6.45) is 6.83. The molecule has 0 aliphatic heterocycles. The highest BCUT2D eigenvalue weighted by atomic mass is 32.1. The molecule has 0 bridgehead atoms. The summed E-state index contributed by atoms with van der Waals surface area (Å²) in [4.78, 5) is 4.36. The van der Waals surface area contributed by atoms with E-state index in [0.29, 0.717) is 11.8 Å². The molecule has 2 aliphatic carbocycles. The first-order valence-corrected chi connectivity index (χ1v) is 7.73. The molecule has 0 amide bonds. The first-order chi connectivity index (χ1) is 8.62. The fourth-order valence-corrected chi connectivity index (χ4v) is 5.26. The van der Waals surface area contributed by atoms with Gasteiger partial charge in [-0.3, -0.25) is 0 Å². The Kier molecular flexibility index (Phi) is 3.00. The van der Waals surface area contributed by atoms with E-state index in [4.69, 9.17) is 0 Å². The van der Waals surface area contributed by atoms with Gasteiger partial charge in [0.15, 0.2) is 0 Å². The quantitative estimate of drug-likeness (QED) is 0.866. The van der Waals surface area contributed by atoms with Crippen molar-refractivity contribution in [2.24, 2.45) is 17.3 Å². The lowest BCUT2D eigenvalue weighted by Gasteiger charge is -2.47. The van der Waals surface area contributed by atoms with Crippen LogP contribution in [0.25, 0.3) is 0 Å². The average Bonchev–Trinajstić information content (AvgIpc) is 2.97. The predicted molar refractivity (Wildman–Crippen MR) is 71.3 cm³/mol. The molecule has 1 aromatic rings. The smallest absolute Gasteiger partial charge is 0.125 e. The van der Waals surface area contributed by atoms with Crippen molar-refractivity contribution in [2.45, 2.75) is 44.6 Å². The molecule has 3 nitrogen and oxygen atoms in total. The molecule has 2 saturated carbocycles. The van der Waals surface area contributed by atoms with E-state index in [1.54, 1.807) is 17.5 Å². The summed E-state index contributed by atoms with van der Waals surface area (Å²) >= 11 is 1.56. The normalized spacial score (nSPS) is 43.9. The number of nitrogens with zero attached hydrogens (tertiary/aromatic N) is 1. The summed E-state index contributed by atoms with van der Waals surface area (Å²) in [7, 11) is 0. The van der Waals surface area contributed by atoms with Crippen molar-refractivity contribution in [2.75, 3.05) is 6.61 Å². The van der Waals surface area contributed by atoms with Crippen molar-refractivity contribution in [3.05, 3.63) is 16.6 Å². The van der Waals surface area contributed by atoms with Crippen LogP contribution in [0.1, 0.15) is 44.0 Å². The highest BCUT2D eigenvalue weighted by Crippen LogP contribution is 2.63. The maximum atomic E-state index is 11.2. The zero-order valence-corrected chi connectivity index (χ0v) is 11.6. The van der Waals surface area contributed by atoms with Crippen molar-refractivity contribution in [1.29, 1.82) is 0 Å². The van der Waals surface area contributed by atoms with E-state index in [-0.39, 0.29) is 12.0 Å². The van der Waals surface area contributed by atoms with E-state index < -0.39 is 5.60 Å². The van der Waals surface area contributed by atoms with Gasteiger partial charge in [-0.15, -0.1) is 11.3 Å². The van der Waals surface area contributed by atoms with Gasteiger partial charge in [0.2, 0.25) is 0 Å². The Labute approximate surface area is 112 Å². The minimum Gasteiger partial charge on any atom is -0.396 e. The second kappa shape index (κ2) is 4.29. The molecular weight excluding hydrogens is 246 g/mol. The third-order valence-electron chi connectivity index (χ3n) is 5.44. The van der Waals surface area contributed by atoms with Crippen molar-refractivity contribution in [3.63, 3.8) is 0 Å². The highest BCUT2D eigenvalue weighted by molar-refractivity contribution is 7.09. The largest absolute Gasteiger partial charge is 0.396 e. The summed E-state index contributed by atoms with van der Waals surface area (Å²) < 4.78 is 0. The molecule has 2 aliphatic rings. The first-order valence-electron chi connectivity index (χ1n) is 6.85. The topological polar surface area (TPSA) is 53.4 Å². The van der Waals surface area contributed by atoms with E-state index >= 15 is 0 Å². The summed E-state index contributed by atoms with van der Waals surface area (Å²) in [5, 5.41) is 23.6. The molecule has 100 valence electrons. The van der Waals surface area contributed by atoms with Gasteiger partial charge in [-0.1, -0.05) is 13.3 Å². The van der Waals surface area contributed by atoms with E-state index in [0.717, 1.165) is 37.1 Å². The Morgan fingerprint density at radius 3 is 2.94 bits per heavy atom. The number of aromatic nitrogens is 1. The molecular formula is C14H21NO2S. The molecule has 0 spiro atoms. The molecule has 1 heterocycles. The van der Waals surface area contributed by atoms with Crippen molar-refractivity contribution in [1.82, 2.24) is 4.98 Å². The molecule has 4 heteroatoms. The van der Waals surface area contributed by atoms with Crippen LogP contribution in [0, 0.1) is 17.3 Å². The van der Waals surface area contributed by atoms with Gasteiger partial charge in [-0.05, 0) is 37.5 Å². The molecule has 0 radical (unpaired) electrons. The second-order valence-electron chi connectivity index (χ2n) is 6.10. The van der Waals surface area contributed by atoms with Crippen LogP contribution in [-0.2, 0) is 5.60 Å². The fourth-order valence-electron chi connectivity index (χ4n) is 4.35. The first kappa shape index (κ1) is 12.6. The van der Waals surface area contributed by atoms with E-state index in [2.05, 4.69) is 11.9 Å². The van der Waals surface area contributed by atoms with Gasteiger partial charge >= 0.3 is 0 Å². The molecule has 4 unspecified atom stereocenters. The zero-order chi connectivity index (χ0) is 12.8. The molecule has 0 saturated heterocycles. The van der Waals surface area contributed by atoms with E-state index in [1.807, 2.05) is 5.38 Å². The Morgan fingerprint density at radius 1 is 1.44 bits per heavy atom. The number of fused-ring (bicyclic) bond motifs is 1. The van der Waals surface area contributed by atoms with Gasteiger partial charge < -0.3 is 10.2 Å². The monoisotopic (exact) mass is 267 g/mol. The van der Waals surface area contributed by atoms with Crippen LogP contribution in [0.2, 0.25) is 0 Å². The second-order valence-corrected chi connectivity index (χ2v) is 6.99. The molecule has 0 aromatic carbocycles. The Bertz CT molecular complexity index is 421. The zero-order valence-electron chi connectivity index (χ0n) is 10.8. The summed E-state index contributed by atoms with van der Waals surface area (Å²) in [6.45, 7) is 2.46. The SMILES string of the molecule is CC12CCCC(CO)C1CCC2(O)c1nccs1. The minimum absolute atomic E-state index is 0.115. The molecule has 1 aromatic heterocycles. The lowest BCUT2D eigenvalue weighted by Crippen LogP contribution is -2.47. The maximum Gasteiger partial charge on any atom is 0.125 e. The molecule has 4 atom stereocenters. The van der Waals surface area contributed by atoms with E-state index in [9.17, 15) is 10.2 Å². The number of thiazole rings is 1. The van der Waals surface area contributed by atoms with Gasteiger partial charge in [-0.25, -0.2) is 4.98 Å². The summed E-state index contributed by atoms with van der Waals surface area (Å²) in [6, 6.07) is 0. The van der Waals surface area contributed by atoms with Crippen LogP contribution in [0.3, 0.4) is 0 Å². The lowest BCUT2D eigenvalue weighted by atomic mass is 9.60. The Balaban J connectivity index is 2.00. The number of aliphatic hydroxyl groups is 2. The van der Waals surface area contributed by atoms with Gasteiger partial charge in [0.05, 0.1) is 0 Å². The lowest BCUT2D eigenvalue weighted by molar-refractivity contribution is -0.107. The average molecular weight is 267 g/mol. The number of hydrogen-bond acceptors (Lipinski definition) is 4. The minimum atomic E-state index is -0.778.